The Kier molecular flexibility index (Phi) is 6.18. The molecule has 0 unspecified atom stereocenters. The van der Waals surface area contributed by atoms with Crippen LogP contribution in [0.25, 0.3) is 32.8 Å². The highest BCUT2D eigenvalue weighted by atomic mass is 32.2. The number of carbonyl (C=O) groups is 1. The number of anilines is 1. The minimum absolute atomic E-state index is 0.229. The first-order chi connectivity index (χ1) is 17.7. The van der Waals surface area contributed by atoms with E-state index in [-0.39, 0.29) is 11.3 Å². The summed E-state index contributed by atoms with van der Waals surface area (Å²) in [5.74, 6) is -0.229. The Balaban J connectivity index is 1.51. The number of amides is 1. The molecule has 0 saturated carbocycles. The normalized spacial score (nSPS) is 11.5. The third kappa shape index (κ3) is 5.34. The van der Waals surface area contributed by atoms with E-state index in [0.717, 1.165) is 17.4 Å². The van der Waals surface area contributed by atoms with Crippen molar-refractivity contribution in [3.05, 3.63) is 101 Å². The Morgan fingerprint density at radius 2 is 1.78 bits per heavy atom. The SMILES string of the molecule is Cn1cc(CNC(=O)c2cccc(-c3cnc4ccc5ccc(NS(C)(=O)=O)cc5c(=O)c4c3)c2)cn1. The molecular weight excluding hydrogens is 490 g/mol. The Bertz CT molecular complexity index is 1850. The van der Waals surface area contributed by atoms with Crippen molar-refractivity contribution >= 4 is 43.3 Å². The predicted molar refractivity (Wildman–Crippen MR) is 144 cm³/mol. The van der Waals surface area contributed by atoms with E-state index in [1.54, 1.807) is 65.6 Å². The lowest BCUT2D eigenvalue weighted by Crippen LogP contribution is -2.22. The molecule has 2 N–H and O–H groups in total. The summed E-state index contributed by atoms with van der Waals surface area (Å²) in [6.07, 6.45) is 6.25. The van der Waals surface area contributed by atoms with Crippen LogP contribution in [0.2, 0.25) is 0 Å². The predicted octanol–water partition coefficient (Wildman–Crippen LogP) is 3.45. The van der Waals surface area contributed by atoms with Crippen LogP contribution >= 0.6 is 0 Å². The van der Waals surface area contributed by atoms with Gasteiger partial charge in [0.1, 0.15) is 0 Å². The number of nitrogens with one attached hydrogen (secondary N) is 2. The number of hydrogen-bond donors (Lipinski definition) is 2. The summed E-state index contributed by atoms with van der Waals surface area (Å²) in [7, 11) is -1.68. The minimum atomic E-state index is -3.49. The van der Waals surface area contributed by atoms with Crippen LogP contribution in [0.1, 0.15) is 15.9 Å². The van der Waals surface area contributed by atoms with Gasteiger partial charge in [0.05, 0.1) is 18.0 Å². The van der Waals surface area contributed by atoms with Gasteiger partial charge in [-0.15, -0.1) is 0 Å². The fourth-order valence-corrected chi connectivity index (χ4v) is 4.68. The van der Waals surface area contributed by atoms with Gasteiger partial charge in [-0.2, -0.15) is 5.10 Å². The molecule has 37 heavy (non-hydrogen) atoms. The van der Waals surface area contributed by atoms with E-state index >= 15 is 0 Å². The van der Waals surface area contributed by atoms with Crippen molar-refractivity contribution in [2.24, 2.45) is 7.05 Å². The van der Waals surface area contributed by atoms with E-state index in [4.69, 9.17) is 0 Å². The Labute approximate surface area is 212 Å². The number of aryl methyl sites for hydroxylation is 1. The van der Waals surface area contributed by atoms with Gasteiger partial charge in [0.15, 0.2) is 5.43 Å². The second-order valence-corrected chi connectivity index (χ2v) is 10.5. The lowest BCUT2D eigenvalue weighted by molar-refractivity contribution is 0.0951. The van der Waals surface area contributed by atoms with Crippen LogP contribution in [-0.4, -0.2) is 35.3 Å². The zero-order valence-electron chi connectivity index (χ0n) is 20.1. The van der Waals surface area contributed by atoms with E-state index in [0.29, 0.717) is 45.0 Å². The maximum Gasteiger partial charge on any atom is 0.251 e. The van der Waals surface area contributed by atoms with Crippen molar-refractivity contribution < 1.29 is 13.2 Å². The number of hydrogen-bond acceptors (Lipinski definition) is 6. The van der Waals surface area contributed by atoms with Crippen molar-refractivity contribution in [1.29, 1.82) is 0 Å². The van der Waals surface area contributed by atoms with Crippen LogP contribution < -0.4 is 15.5 Å². The Hall–Kier alpha value is -4.57. The first-order valence-electron chi connectivity index (χ1n) is 11.4. The van der Waals surface area contributed by atoms with E-state index in [1.165, 1.54) is 6.07 Å². The molecule has 5 rings (SSSR count). The van der Waals surface area contributed by atoms with Gasteiger partial charge < -0.3 is 5.32 Å². The standard InChI is InChI=1S/C27H23N5O4S/c1-32-16-17(14-30-32)13-29-27(34)20-5-3-4-19(10-20)21-11-24-25(28-15-21)9-7-18-6-8-22(31-37(2,35)36)12-23(18)26(24)33/h3-12,14-16,31H,13H2,1-2H3,(H,29,34). The largest absolute Gasteiger partial charge is 0.348 e. The molecule has 10 heteroatoms. The molecule has 2 heterocycles. The van der Waals surface area contributed by atoms with Crippen LogP contribution in [0.15, 0.2) is 84.0 Å². The summed E-state index contributed by atoms with van der Waals surface area (Å²) in [6, 6.07) is 17.2. The number of pyridine rings is 1. The maximum atomic E-state index is 13.5. The van der Waals surface area contributed by atoms with Gasteiger partial charge >= 0.3 is 0 Å². The van der Waals surface area contributed by atoms with E-state index < -0.39 is 10.0 Å². The molecule has 9 nitrogen and oxygen atoms in total. The summed E-state index contributed by atoms with van der Waals surface area (Å²) in [5.41, 5.74) is 3.32. The zero-order valence-corrected chi connectivity index (χ0v) is 20.9. The third-order valence-corrected chi connectivity index (χ3v) is 6.46. The van der Waals surface area contributed by atoms with Gasteiger partial charge in [0.25, 0.3) is 5.91 Å². The molecule has 0 spiro atoms. The summed E-state index contributed by atoms with van der Waals surface area (Å²) < 4.78 is 27.4. The number of benzene rings is 2. The Morgan fingerprint density at radius 3 is 2.54 bits per heavy atom. The van der Waals surface area contributed by atoms with Crippen molar-refractivity contribution in [2.75, 3.05) is 11.0 Å². The smallest absolute Gasteiger partial charge is 0.251 e. The van der Waals surface area contributed by atoms with Gasteiger partial charge in [-0.3, -0.25) is 24.0 Å². The van der Waals surface area contributed by atoms with Gasteiger partial charge in [-0.1, -0.05) is 24.3 Å². The molecule has 186 valence electrons. The van der Waals surface area contributed by atoms with Gasteiger partial charge in [0, 0.05) is 59.1 Å². The topological polar surface area (TPSA) is 123 Å². The molecule has 1 amide bonds. The van der Waals surface area contributed by atoms with E-state index in [2.05, 4.69) is 20.1 Å². The molecule has 0 aliphatic carbocycles. The second-order valence-electron chi connectivity index (χ2n) is 8.78. The van der Waals surface area contributed by atoms with E-state index in [9.17, 15) is 18.0 Å². The molecule has 0 saturated heterocycles. The molecule has 0 radical (unpaired) electrons. The number of fused-ring (bicyclic) bond motifs is 2. The maximum absolute atomic E-state index is 13.5. The van der Waals surface area contributed by atoms with Crippen LogP contribution in [0.4, 0.5) is 5.69 Å². The molecule has 2 aromatic heterocycles. The molecule has 0 aliphatic rings. The highest BCUT2D eigenvalue weighted by Crippen LogP contribution is 2.24. The summed E-state index contributed by atoms with van der Waals surface area (Å²) >= 11 is 0. The van der Waals surface area contributed by atoms with Crippen LogP contribution in [0.5, 0.6) is 0 Å². The monoisotopic (exact) mass is 513 g/mol. The number of rotatable bonds is 6. The van der Waals surface area contributed by atoms with Crippen LogP contribution in [-0.2, 0) is 23.6 Å². The van der Waals surface area contributed by atoms with Crippen molar-refractivity contribution in [1.82, 2.24) is 20.1 Å². The second kappa shape index (κ2) is 9.47. The first kappa shape index (κ1) is 24.1. The lowest BCUT2D eigenvalue weighted by atomic mass is 10.0. The number of sulfonamides is 1. The molecule has 0 fully saturated rings. The van der Waals surface area contributed by atoms with Crippen LogP contribution in [0, 0.1) is 0 Å². The number of nitrogens with zero attached hydrogens (tertiary/aromatic N) is 3. The average Bonchev–Trinajstić information content (AvgIpc) is 3.24. The lowest BCUT2D eigenvalue weighted by Gasteiger charge is -2.07. The molecule has 5 aromatic rings. The van der Waals surface area contributed by atoms with Crippen molar-refractivity contribution in [3.63, 3.8) is 0 Å². The first-order valence-corrected chi connectivity index (χ1v) is 13.3. The molecular formula is C27H23N5O4S. The molecule has 3 aromatic carbocycles. The highest BCUT2D eigenvalue weighted by Gasteiger charge is 2.11. The summed E-state index contributed by atoms with van der Waals surface area (Å²) in [6.45, 7) is 0.355. The van der Waals surface area contributed by atoms with Gasteiger partial charge in [0.2, 0.25) is 10.0 Å². The third-order valence-electron chi connectivity index (χ3n) is 5.85. The zero-order chi connectivity index (χ0) is 26.2. The highest BCUT2D eigenvalue weighted by molar-refractivity contribution is 7.92. The molecule has 0 atom stereocenters. The van der Waals surface area contributed by atoms with Crippen molar-refractivity contribution in [3.8, 4) is 11.1 Å². The summed E-state index contributed by atoms with van der Waals surface area (Å²) in [5, 5.41) is 8.40. The average molecular weight is 514 g/mol. The molecule has 0 bridgehead atoms. The number of carbonyl (C=O) groups excluding carboxylic acids is 1. The van der Waals surface area contributed by atoms with Gasteiger partial charge in [-0.25, -0.2) is 8.42 Å². The Morgan fingerprint density at radius 1 is 0.973 bits per heavy atom. The van der Waals surface area contributed by atoms with E-state index in [1.807, 2.05) is 19.3 Å². The minimum Gasteiger partial charge on any atom is -0.348 e. The van der Waals surface area contributed by atoms with Gasteiger partial charge in [-0.05, 0) is 47.3 Å². The summed E-state index contributed by atoms with van der Waals surface area (Å²) in [4.78, 5) is 30.7. The molecule has 0 aliphatic heterocycles. The van der Waals surface area contributed by atoms with Crippen molar-refractivity contribution in [2.45, 2.75) is 6.54 Å². The quantitative estimate of drug-likeness (QED) is 0.359. The number of aromatic nitrogens is 3. The fourth-order valence-electron chi connectivity index (χ4n) is 4.13. The fraction of sp³-hybridized carbons (Fsp3) is 0.111. The van der Waals surface area contributed by atoms with Crippen LogP contribution in [0.3, 0.4) is 0 Å².